The van der Waals surface area contributed by atoms with E-state index >= 15 is 0 Å². The number of nitriles is 1. The van der Waals surface area contributed by atoms with Crippen molar-refractivity contribution in [2.24, 2.45) is 5.73 Å². The second-order valence-corrected chi connectivity index (χ2v) is 6.58. The van der Waals surface area contributed by atoms with Gasteiger partial charge in [-0.25, -0.2) is 0 Å². The van der Waals surface area contributed by atoms with E-state index in [1.807, 2.05) is 54.6 Å². The van der Waals surface area contributed by atoms with Gasteiger partial charge in [0.05, 0.1) is 17.2 Å². The van der Waals surface area contributed by atoms with Gasteiger partial charge in [-0.15, -0.1) is 5.10 Å². The number of benzene rings is 2. The predicted octanol–water partition coefficient (Wildman–Crippen LogP) is 4.06. The van der Waals surface area contributed by atoms with E-state index in [1.54, 1.807) is 0 Å². The molecule has 25 heavy (non-hydrogen) atoms. The van der Waals surface area contributed by atoms with Crippen LogP contribution in [0.2, 0.25) is 0 Å². The van der Waals surface area contributed by atoms with E-state index in [0.717, 1.165) is 26.9 Å². The van der Waals surface area contributed by atoms with E-state index in [4.69, 9.17) is 10.5 Å². The van der Waals surface area contributed by atoms with Crippen molar-refractivity contribution in [3.8, 4) is 23.2 Å². The van der Waals surface area contributed by atoms with Gasteiger partial charge in [0, 0.05) is 4.47 Å². The molecule has 3 N–H and O–H groups in total. The molecule has 0 saturated carbocycles. The van der Waals surface area contributed by atoms with Gasteiger partial charge in [-0.05, 0) is 23.3 Å². The lowest BCUT2D eigenvalue weighted by molar-refractivity contribution is 0.379. The second-order valence-electron chi connectivity index (χ2n) is 5.66. The van der Waals surface area contributed by atoms with Gasteiger partial charge < -0.3 is 10.5 Å². The van der Waals surface area contributed by atoms with E-state index in [-0.39, 0.29) is 11.8 Å². The van der Waals surface area contributed by atoms with Crippen molar-refractivity contribution in [2.45, 2.75) is 5.92 Å². The lowest BCUT2D eigenvalue weighted by Gasteiger charge is -2.24. The molecule has 0 radical (unpaired) electrons. The summed E-state index contributed by atoms with van der Waals surface area (Å²) in [6.07, 6.45) is 0. The quantitative estimate of drug-likeness (QED) is 0.688. The highest BCUT2D eigenvalue weighted by atomic mass is 79.9. The topological polar surface area (TPSA) is 87.7 Å². The molecule has 2 heterocycles. The van der Waals surface area contributed by atoms with E-state index < -0.39 is 0 Å². The highest BCUT2D eigenvalue weighted by Gasteiger charge is 2.35. The maximum Gasteiger partial charge on any atom is 0.244 e. The van der Waals surface area contributed by atoms with Crippen LogP contribution in [0.3, 0.4) is 0 Å². The summed E-state index contributed by atoms with van der Waals surface area (Å²) < 4.78 is 6.56. The number of fused-ring (bicyclic) bond motifs is 1. The second kappa shape index (κ2) is 6.11. The Morgan fingerprint density at radius 1 is 1.12 bits per heavy atom. The molecule has 0 amide bonds. The predicted molar refractivity (Wildman–Crippen MR) is 97.5 cm³/mol. The lowest BCUT2D eigenvalue weighted by Crippen LogP contribution is -2.20. The van der Waals surface area contributed by atoms with Gasteiger partial charge in [-0.1, -0.05) is 58.4 Å². The molecular weight excluding hydrogens is 380 g/mol. The van der Waals surface area contributed by atoms with Gasteiger partial charge in [-0.2, -0.15) is 5.26 Å². The third-order valence-corrected chi connectivity index (χ3v) is 4.73. The molecule has 0 bridgehead atoms. The number of hydrogen-bond acceptors (Lipinski definition) is 4. The van der Waals surface area contributed by atoms with Gasteiger partial charge in [0.15, 0.2) is 0 Å². The summed E-state index contributed by atoms with van der Waals surface area (Å²) in [5.74, 6) is 0.160. The number of nitrogens with two attached hydrogens (primary N) is 1. The van der Waals surface area contributed by atoms with Crippen LogP contribution in [0.15, 0.2) is 70.5 Å². The number of allylic oxidation sites excluding steroid dienone is 1. The molecule has 2 aromatic carbocycles. The number of ether oxygens (including phenoxy) is 1. The van der Waals surface area contributed by atoms with Crippen LogP contribution in [0.25, 0.3) is 11.3 Å². The van der Waals surface area contributed by atoms with Crippen LogP contribution in [0, 0.1) is 11.3 Å². The Kier molecular flexibility index (Phi) is 3.79. The van der Waals surface area contributed by atoms with Gasteiger partial charge in [0.25, 0.3) is 0 Å². The van der Waals surface area contributed by atoms with Crippen LogP contribution < -0.4 is 10.5 Å². The molecule has 0 aliphatic carbocycles. The molecule has 6 heteroatoms. The molecule has 5 nitrogen and oxygen atoms in total. The van der Waals surface area contributed by atoms with Gasteiger partial charge in [-0.3, -0.25) is 5.10 Å². The van der Waals surface area contributed by atoms with Gasteiger partial charge in [0.1, 0.15) is 11.6 Å². The molecule has 4 rings (SSSR count). The molecule has 122 valence electrons. The molecule has 3 aromatic rings. The van der Waals surface area contributed by atoms with Crippen LogP contribution >= 0.6 is 15.9 Å². The Balaban J connectivity index is 1.95. The van der Waals surface area contributed by atoms with Crippen molar-refractivity contribution in [1.82, 2.24) is 10.2 Å². The summed E-state index contributed by atoms with van der Waals surface area (Å²) >= 11 is 3.44. The number of nitrogens with one attached hydrogen (secondary N) is 1. The fourth-order valence-corrected chi connectivity index (χ4v) is 3.32. The van der Waals surface area contributed by atoms with E-state index in [0.29, 0.717) is 11.5 Å². The van der Waals surface area contributed by atoms with Crippen molar-refractivity contribution >= 4 is 15.9 Å². The molecule has 0 saturated heterocycles. The number of hydrogen-bond donors (Lipinski definition) is 2. The van der Waals surface area contributed by atoms with Crippen molar-refractivity contribution < 1.29 is 4.74 Å². The SMILES string of the molecule is N#CC1=C(N)Oc2n[nH]c(-c3ccccc3)c2C1c1ccc(Br)cc1. The highest BCUT2D eigenvalue weighted by molar-refractivity contribution is 9.10. The first-order valence-electron chi connectivity index (χ1n) is 7.65. The largest absolute Gasteiger partial charge is 0.420 e. The fourth-order valence-electron chi connectivity index (χ4n) is 3.06. The fraction of sp³-hybridized carbons (Fsp3) is 0.0526. The van der Waals surface area contributed by atoms with E-state index in [1.165, 1.54) is 0 Å². The minimum absolute atomic E-state index is 0.0917. The van der Waals surface area contributed by atoms with Crippen LogP contribution in [-0.4, -0.2) is 10.2 Å². The van der Waals surface area contributed by atoms with Crippen molar-refractivity contribution in [3.63, 3.8) is 0 Å². The van der Waals surface area contributed by atoms with Gasteiger partial charge >= 0.3 is 0 Å². The molecule has 1 unspecified atom stereocenters. The smallest absolute Gasteiger partial charge is 0.244 e. The first-order chi connectivity index (χ1) is 12.2. The first kappa shape index (κ1) is 15.5. The Labute approximate surface area is 152 Å². The van der Waals surface area contributed by atoms with Gasteiger partial charge in [0.2, 0.25) is 11.8 Å². The minimum atomic E-state index is -0.337. The number of aromatic nitrogens is 2. The number of aromatic amines is 1. The van der Waals surface area contributed by atoms with Crippen LogP contribution in [0.4, 0.5) is 0 Å². The average molecular weight is 393 g/mol. The minimum Gasteiger partial charge on any atom is -0.420 e. The van der Waals surface area contributed by atoms with Crippen LogP contribution in [0.1, 0.15) is 17.0 Å². The maximum atomic E-state index is 9.66. The number of rotatable bonds is 2. The van der Waals surface area contributed by atoms with Crippen molar-refractivity contribution in [1.29, 1.82) is 5.26 Å². The summed E-state index contributed by atoms with van der Waals surface area (Å²) in [4.78, 5) is 0. The maximum absolute atomic E-state index is 9.66. The summed E-state index contributed by atoms with van der Waals surface area (Å²) in [5.41, 5.74) is 9.93. The lowest BCUT2D eigenvalue weighted by atomic mass is 9.83. The zero-order chi connectivity index (χ0) is 17.4. The number of nitrogens with zero attached hydrogens (tertiary/aromatic N) is 2. The zero-order valence-electron chi connectivity index (χ0n) is 13.0. The monoisotopic (exact) mass is 392 g/mol. The van der Waals surface area contributed by atoms with Crippen molar-refractivity contribution in [3.05, 3.63) is 81.7 Å². The number of halogens is 1. The average Bonchev–Trinajstić information content (AvgIpc) is 3.05. The summed E-state index contributed by atoms with van der Waals surface area (Å²) in [6.45, 7) is 0. The van der Waals surface area contributed by atoms with Crippen LogP contribution in [-0.2, 0) is 0 Å². The summed E-state index contributed by atoms with van der Waals surface area (Å²) in [7, 11) is 0. The standard InChI is InChI=1S/C19H13BrN4O/c20-13-8-6-11(7-9-13)15-14(10-21)18(22)25-19-16(15)17(23-24-19)12-4-2-1-3-5-12/h1-9,15H,22H2,(H,23,24). The van der Waals surface area contributed by atoms with E-state index in [9.17, 15) is 5.26 Å². The van der Waals surface area contributed by atoms with Crippen molar-refractivity contribution in [2.75, 3.05) is 0 Å². The summed E-state index contributed by atoms with van der Waals surface area (Å²) in [6, 6.07) is 19.9. The summed E-state index contributed by atoms with van der Waals surface area (Å²) in [5, 5.41) is 17.0. The molecule has 1 aromatic heterocycles. The normalized spacial score (nSPS) is 16.1. The van der Waals surface area contributed by atoms with Crippen LogP contribution in [0.5, 0.6) is 5.88 Å². The number of H-pyrrole nitrogens is 1. The molecule has 0 fully saturated rings. The molecule has 1 aliphatic heterocycles. The third kappa shape index (κ3) is 2.59. The van der Waals surface area contributed by atoms with E-state index in [2.05, 4.69) is 32.2 Å². The highest BCUT2D eigenvalue weighted by Crippen LogP contribution is 2.45. The molecule has 1 atom stereocenters. The Morgan fingerprint density at radius 2 is 1.84 bits per heavy atom. The molecule has 1 aliphatic rings. The Hall–Kier alpha value is -3.04. The first-order valence-corrected chi connectivity index (χ1v) is 8.45. The molecular formula is C19H13BrN4O. The Bertz CT molecular complexity index is 1000. The Morgan fingerprint density at radius 3 is 2.52 bits per heavy atom. The third-order valence-electron chi connectivity index (χ3n) is 4.20. The zero-order valence-corrected chi connectivity index (χ0v) is 14.6. The molecule has 0 spiro atoms.